The third kappa shape index (κ3) is 3.77. The molecule has 5 nitrogen and oxygen atoms in total. The van der Waals surface area contributed by atoms with Crippen LogP contribution in [0.1, 0.15) is 28.8 Å². The van der Waals surface area contributed by atoms with Crippen molar-refractivity contribution in [2.24, 2.45) is 5.92 Å². The van der Waals surface area contributed by atoms with Gasteiger partial charge < -0.3 is 9.64 Å². The SMILES string of the molecule is COc1ncccc1C(=O)N1CCCC(Cc2cnc3ccccc3c2)C1. The molecule has 1 saturated heterocycles. The molecule has 5 heteroatoms. The summed E-state index contributed by atoms with van der Waals surface area (Å²) in [5.41, 5.74) is 2.78. The molecule has 1 fully saturated rings. The number of piperidine rings is 1. The number of carbonyl (C=O) groups is 1. The molecule has 1 aromatic carbocycles. The van der Waals surface area contributed by atoms with Crippen LogP contribution in [0, 0.1) is 5.92 Å². The molecule has 0 aliphatic carbocycles. The van der Waals surface area contributed by atoms with Gasteiger partial charge in [-0.05, 0) is 55.0 Å². The molecule has 27 heavy (non-hydrogen) atoms. The van der Waals surface area contributed by atoms with Gasteiger partial charge in [0.05, 0.1) is 12.6 Å². The molecule has 1 amide bonds. The van der Waals surface area contributed by atoms with Gasteiger partial charge in [0.2, 0.25) is 5.88 Å². The molecule has 3 aromatic rings. The van der Waals surface area contributed by atoms with Crippen LogP contribution < -0.4 is 4.74 Å². The number of rotatable bonds is 4. The molecule has 1 unspecified atom stereocenters. The van der Waals surface area contributed by atoms with Crippen molar-refractivity contribution in [2.45, 2.75) is 19.3 Å². The predicted octanol–water partition coefficient (Wildman–Crippen LogP) is 3.73. The number of fused-ring (bicyclic) bond motifs is 1. The maximum Gasteiger partial charge on any atom is 0.259 e. The third-order valence-electron chi connectivity index (χ3n) is 5.17. The van der Waals surface area contributed by atoms with E-state index >= 15 is 0 Å². The van der Waals surface area contributed by atoms with Gasteiger partial charge in [0.25, 0.3) is 5.91 Å². The number of ether oxygens (including phenoxy) is 1. The minimum atomic E-state index is 0.00119. The Hall–Kier alpha value is -2.95. The number of carbonyl (C=O) groups excluding carboxylic acids is 1. The number of pyridine rings is 2. The van der Waals surface area contributed by atoms with Crippen LogP contribution in [-0.2, 0) is 6.42 Å². The summed E-state index contributed by atoms with van der Waals surface area (Å²) >= 11 is 0. The quantitative estimate of drug-likeness (QED) is 0.710. The fourth-order valence-electron chi connectivity index (χ4n) is 3.86. The van der Waals surface area contributed by atoms with Crippen LogP contribution in [0.2, 0.25) is 0 Å². The second-order valence-corrected chi connectivity index (χ2v) is 7.06. The van der Waals surface area contributed by atoms with Crippen molar-refractivity contribution in [2.75, 3.05) is 20.2 Å². The van der Waals surface area contributed by atoms with E-state index in [1.807, 2.05) is 29.3 Å². The summed E-state index contributed by atoms with van der Waals surface area (Å²) in [4.78, 5) is 23.6. The average Bonchev–Trinajstić information content (AvgIpc) is 2.73. The van der Waals surface area contributed by atoms with E-state index in [-0.39, 0.29) is 5.91 Å². The Labute approximate surface area is 159 Å². The molecule has 0 bridgehead atoms. The Balaban J connectivity index is 1.48. The summed E-state index contributed by atoms with van der Waals surface area (Å²) in [6, 6.07) is 13.9. The highest BCUT2D eigenvalue weighted by Crippen LogP contribution is 2.25. The Morgan fingerprint density at radius 1 is 1.22 bits per heavy atom. The summed E-state index contributed by atoms with van der Waals surface area (Å²) in [6.07, 6.45) is 6.68. The lowest BCUT2D eigenvalue weighted by Gasteiger charge is -2.33. The Bertz CT molecular complexity index is 957. The number of hydrogen-bond acceptors (Lipinski definition) is 4. The number of methoxy groups -OCH3 is 1. The number of aromatic nitrogens is 2. The zero-order valence-corrected chi connectivity index (χ0v) is 15.5. The van der Waals surface area contributed by atoms with E-state index in [1.54, 1.807) is 25.4 Å². The van der Waals surface area contributed by atoms with E-state index in [4.69, 9.17) is 4.74 Å². The van der Waals surface area contributed by atoms with Crippen molar-refractivity contribution < 1.29 is 9.53 Å². The highest BCUT2D eigenvalue weighted by molar-refractivity contribution is 5.96. The normalized spacial score (nSPS) is 17.1. The molecule has 1 atom stereocenters. The lowest BCUT2D eigenvalue weighted by atomic mass is 9.91. The first-order chi connectivity index (χ1) is 13.2. The molecule has 0 spiro atoms. The van der Waals surface area contributed by atoms with Gasteiger partial charge in [0.15, 0.2) is 0 Å². The number of benzene rings is 1. The molecule has 138 valence electrons. The monoisotopic (exact) mass is 361 g/mol. The molecular formula is C22H23N3O2. The van der Waals surface area contributed by atoms with Crippen LogP contribution in [0.25, 0.3) is 10.9 Å². The molecular weight excluding hydrogens is 338 g/mol. The molecule has 4 rings (SSSR count). The smallest absolute Gasteiger partial charge is 0.259 e. The van der Waals surface area contributed by atoms with Gasteiger partial charge >= 0.3 is 0 Å². The zero-order chi connectivity index (χ0) is 18.6. The van der Waals surface area contributed by atoms with Crippen molar-refractivity contribution in [3.8, 4) is 5.88 Å². The third-order valence-corrected chi connectivity index (χ3v) is 5.17. The molecule has 0 radical (unpaired) electrons. The molecule has 1 aliphatic heterocycles. The molecule has 2 aromatic heterocycles. The van der Waals surface area contributed by atoms with Crippen molar-refractivity contribution in [3.05, 3.63) is 66.0 Å². The number of hydrogen-bond donors (Lipinski definition) is 0. The second-order valence-electron chi connectivity index (χ2n) is 7.06. The Kier molecular flexibility index (Phi) is 5.01. The van der Waals surface area contributed by atoms with Crippen molar-refractivity contribution in [1.82, 2.24) is 14.9 Å². The second kappa shape index (κ2) is 7.74. The van der Waals surface area contributed by atoms with Crippen LogP contribution in [0.4, 0.5) is 0 Å². The van der Waals surface area contributed by atoms with E-state index in [0.29, 0.717) is 17.4 Å². The van der Waals surface area contributed by atoms with Crippen LogP contribution in [-0.4, -0.2) is 41.0 Å². The van der Waals surface area contributed by atoms with Crippen LogP contribution in [0.15, 0.2) is 54.9 Å². The Morgan fingerprint density at radius 2 is 2.11 bits per heavy atom. The first-order valence-electron chi connectivity index (χ1n) is 9.36. The highest BCUT2D eigenvalue weighted by Gasteiger charge is 2.26. The predicted molar refractivity (Wildman–Crippen MR) is 105 cm³/mol. The average molecular weight is 361 g/mol. The van der Waals surface area contributed by atoms with Gasteiger partial charge in [-0.3, -0.25) is 9.78 Å². The van der Waals surface area contributed by atoms with Crippen molar-refractivity contribution in [1.29, 1.82) is 0 Å². The number of likely N-dealkylation sites (tertiary alicyclic amines) is 1. The highest BCUT2D eigenvalue weighted by atomic mass is 16.5. The van der Waals surface area contributed by atoms with Crippen molar-refractivity contribution >= 4 is 16.8 Å². The van der Waals surface area contributed by atoms with Crippen LogP contribution in [0.5, 0.6) is 5.88 Å². The number of para-hydroxylation sites is 1. The minimum absolute atomic E-state index is 0.00119. The summed E-state index contributed by atoms with van der Waals surface area (Å²) < 4.78 is 5.25. The van der Waals surface area contributed by atoms with Gasteiger partial charge in [-0.25, -0.2) is 4.98 Å². The summed E-state index contributed by atoms with van der Waals surface area (Å²) in [5.74, 6) is 0.831. The van der Waals surface area contributed by atoms with Crippen molar-refractivity contribution in [3.63, 3.8) is 0 Å². The molecule has 0 saturated carbocycles. The largest absolute Gasteiger partial charge is 0.480 e. The fourth-order valence-corrected chi connectivity index (χ4v) is 3.86. The van der Waals surface area contributed by atoms with E-state index < -0.39 is 0 Å². The van der Waals surface area contributed by atoms with Gasteiger partial charge in [-0.2, -0.15) is 0 Å². The summed E-state index contributed by atoms with van der Waals surface area (Å²) in [7, 11) is 1.55. The number of amides is 1. The van der Waals surface area contributed by atoms with Gasteiger partial charge in [0.1, 0.15) is 5.56 Å². The van der Waals surface area contributed by atoms with Gasteiger partial charge in [0, 0.05) is 30.9 Å². The van der Waals surface area contributed by atoms with Crippen LogP contribution >= 0.6 is 0 Å². The van der Waals surface area contributed by atoms with Gasteiger partial charge in [-0.15, -0.1) is 0 Å². The molecule has 0 N–H and O–H groups in total. The van der Waals surface area contributed by atoms with E-state index in [2.05, 4.69) is 22.1 Å². The fraction of sp³-hybridized carbons (Fsp3) is 0.318. The maximum absolute atomic E-state index is 12.9. The van der Waals surface area contributed by atoms with Gasteiger partial charge in [-0.1, -0.05) is 18.2 Å². The minimum Gasteiger partial charge on any atom is -0.480 e. The first kappa shape index (κ1) is 17.5. The standard InChI is InChI=1S/C22H23N3O2/c1-27-21-19(8-4-10-23-21)22(26)25-11-5-6-16(15-25)12-17-13-18-7-2-3-9-20(18)24-14-17/h2-4,7-10,13-14,16H,5-6,11-12,15H2,1H3. The number of nitrogens with zero attached hydrogens (tertiary/aromatic N) is 3. The lowest BCUT2D eigenvalue weighted by molar-refractivity contribution is 0.0669. The topological polar surface area (TPSA) is 55.3 Å². The van der Waals surface area contributed by atoms with E-state index in [1.165, 1.54) is 10.9 Å². The van der Waals surface area contributed by atoms with E-state index in [0.717, 1.165) is 37.9 Å². The summed E-state index contributed by atoms with van der Waals surface area (Å²) in [5, 5.41) is 1.17. The maximum atomic E-state index is 12.9. The first-order valence-corrected chi connectivity index (χ1v) is 9.36. The lowest BCUT2D eigenvalue weighted by Crippen LogP contribution is -2.40. The van der Waals surface area contributed by atoms with E-state index in [9.17, 15) is 4.79 Å². The molecule has 3 heterocycles. The summed E-state index contributed by atoms with van der Waals surface area (Å²) in [6.45, 7) is 1.53. The Morgan fingerprint density at radius 3 is 3.00 bits per heavy atom. The zero-order valence-electron chi connectivity index (χ0n) is 15.5. The molecule has 1 aliphatic rings. The van der Waals surface area contributed by atoms with Crippen LogP contribution in [0.3, 0.4) is 0 Å².